The Morgan fingerprint density at radius 2 is 1.61 bits per heavy atom. The number of ether oxygens (including phenoxy) is 1. The fraction of sp³-hybridized carbons (Fsp3) is 0.167. The molecule has 7 heteroatoms. The molecule has 3 aromatic carbocycles. The van der Waals surface area contributed by atoms with E-state index in [1.807, 2.05) is 24.3 Å². The fourth-order valence-electron chi connectivity index (χ4n) is 3.52. The number of aromatic nitrogens is 1. The van der Waals surface area contributed by atoms with E-state index in [0.717, 1.165) is 22.1 Å². The number of fused-ring (bicyclic) bond motifs is 1. The zero-order valence-electron chi connectivity index (χ0n) is 17.3. The van der Waals surface area contributed by atoms with Gasteiger partial charge in [-0.25, -0.2) is 13.1 Å². The van der Waals surface area contributed by atoms with Crippen molar-refractivity contribution in [1.29, 1.82) is 0 Å². The Kier molecular flexibility index (Phi) is 6.16. The first-order chi connectivity index (χ1) is 14.9. The van der Waals surface area contributed by atoms with E-state index >= 15 is 0 Å². The average Bonchev–Trinajstić information content (AvgIpc) is 3.12. The van der Waals surface area contributed by atoms with Crippen molar-refractivity contribution in [3.05, 3.63) is 88.4 Å². The molecule has 0 bridgehead atoms. The maximum Gasteiger partial charge on any atom is 0.256 e. The molecule has 5 nitrogen and oxygen atoms in total. The standard InChI is InChI=1S/C24H23ClN2O3S/c1-16-3-7-18(8-4-16)19-9-5-17(6-10-19)14-26-31(28,29)24-22(15-30-2)21-13-20(25)11-12-23(21)27-24/h3-13,26-27H,14-15H2,1-2H3. The third-order valence-electron chi connectivity index (χ3n) is 5.19. The van der Waals surface area contributed by atoms with Crippen molar-refractivity contribution in [2.24, 2.45) is 0 Å². The van der Waals surface area contributed by atoms with Gasteiger partial charge in [-0.15, -0.1) is 0 Å². The number of benzene rings is 3. The molecule has 0 fully saturated rings. The highest BCUT2D eigenvalue weighted by atomic mass is 35.5. The topological polar surface area (TPSA) is 71.2 Å². The van der Waals surface area contributed by atoms with Gasteiger partial charge in [0.05, 0.1) is 6.61 Å². The van der Waals surface area contributed by atoms with Crippen molar-refractivity contribution in [1.82, 2.24) is 9.71 Å². The molecule has 31 heavy (non-hydrogen) atoms. The van der Waals surface area contributed by atoms with Crippen molar-refractivity contribution >= 4 is 32.5 Å². The minimum atomic E-state index is -3.78. The van der Waals surface area contributed by atoms with Crippen molar-refractivity contribution < 1.29 is 13.2 Å². The van der Waals surface area contributed by atoms with Crippen LogP contribution in [0, 0.1) is 6.92 Å². The lowest BCUT2D eigenvalue weighted by atomic mass is 10.0. The Hall–Kier alpha value is -2.64. The highest BCUT2D eigenvalue weighted by Crippen LogP contribution is 2.29. The first-order valence-electron chi connectivity index (χ1n) is 9.82. The lowest BCUT2D eigenvalue weighted by molar-refractivity contribution is 0.183. The number of aromatic amines is 1. The predicted molar refractivity (Wildman–Crippen MR) is 125 cm³/mol. The van der Waals surface area contributed by atoms with Crippen molar-refractivity contribution in [3.8, 4) is 11.1 Å². The van der Waals surface area contributed by atoms with Gasteiger partial charge in [-0.2, -0.15) is 0 Å². The quantitative estimate of drug-likeness (QED) is 0.391. The molecule has 1 heterocycles. The molecular weight excluding hydrogens is 432 g/mol. The summed E-state index contributed by atoms with van der Waals surface area (Å²) < 4.78 is 34.0. The molecule has 4 rings (SSSR count). The van der Waals surface area contributed by atoms with Crippen LogP contribution in [-0.2, 0) is 27.9 Å². The summed E-state index contributed by atoms with van der Waals surface area (Å²) in [5, 5.41) is 1.37. The van der Waals surface area contributed by atoms with Crippen molar-refractivity contribution in [2.45, 2.75) is 25.1 Å². The van der Waals surface area contributed by atoms with E-state index in [-0.39, 0.29) is 18.2 Å². The van der Waals surface area contributed by atoms with E-state index in [2.05, 4.69) is 40.9 Å². The molecule has 0 aliphatic heterocycles. The van der Waals surface area contributed by atoms with E-state index < -0.39 is 10.0 Å². The van der Waals surface area contributed by atoms with Crippen LogP contribution in [0.25, 0.3) is 22.0 Å². The summed E-state index contributed by atoms with van der Waals surface area (Å²) in [6, 6.07) is 21.4. The molecule has 1 aromatic heterocycles. The highest BCUT2D eigenvalue weighted by Gasteiger charge is 2.23. The predicted octanol–water partition coefficient (Wildman–Crippen LogP) is 5.42. The van der Waals surface area contributed by atoms with Gasteiger partial charge in [0.1, 0.15) is 0 Å². The molecule has 0 unspecified atom stereocenters. The molecule has 0 atom stereocenters. The van der Waals surface area contributed by atoms with Crippen LogP contribution in [0.2, 0.25) is 5.02 Å². The van der Waals surface area contributed by atoms with Gasteiger partial charge in [-0.3, -0.25) is 0 Å². The molecule has 0 saturated carbocycles. The highest BCUT2D eigenvalue weighted by molar-refractivity contribution is 7.89. The molecule has 0 amide bonds. The van der Waals surface area contributed by atoms with Crippen LogP contribution in [-0.4, -0.2) is 20.5 Å². The van der Waals surface area contributed by atoms with Gasteiger partial charge in [0.2, 0.25) is 0 Å². The number of rotatable bonds is 7. The third kappa shape index (κ3) is 4.67. The Bertz CT molecular complexity index is 1310. The number of sulfonamides is 1. The molecular formula is C24H23ClN2O3S. The van der Waals surface area contributed by atoms with E-state index in [0.29, 0.717) is 16.1 Å². The van der Waals surface area contributed by atoms with Crippen molar-refractivity contribution in [2.75, 3.05) is 7.11 Å². The van der Waals surface area contributed by atoms with Crippen LogP contribution >= 0.6 is 11.6 Å². The zero-order valence-corrected chi connectivity index (χ0v) is 18.8. The molecule has 0 saturated heterocycles. The Labute approximate surface area is 187 Å². The average molecular weight is 455 g/mol. The van der Waals surface area contributed by atoms with Gasteiger partial charge < -0.3 is 9.72 Å². The number of halogens is 1. The second kappa shape index (κ2) is 8.85. The van der Waals surface area contributed by atoms with Gasteiger partial charge in [0.15, 0.2) is 5.03 Å². The maximum atomic E-state index is 13.0. The van der Waals surface area contributed by atoms with Crippen LogP contribution in [0.3, 0.4) is 0 Å². The van der Waals surface area contributed by atoms with E-state index in [4.69, 9.17) is 16.3 Å². The molecule has 0 spiro atoms. The Morgan fingerprint density at radius 3 is 2.26 bits per heavy atom. The SMILES string of the molecule is COCc1c(S(=O)(=O)NCc2ccc(-c3ccc(C)cc3)cc2)[nH]c2ccc(Cl)cc12. The molecule has 160 valence electrons. The van der Waals surface area contributed by atoms with Crippen LogP contribution in [0.15, 0.2) is 71.8 Å². The summed E-state index contributed by atoms with van der Waals surface area (Å²) in [4.78, 5) is 3.00. The summed E-state index contributed by atoms with van der Waals surface area (Å²) in [5.41, 5.74) is 5.54. The van der Waals surface area contributed by atoms with Crippen molar-refractivity contribution in [3.63, 3.8) is 0 Å². The summed E-state index contributed by atoms with van der Waals surface area (Å²) in [6.07, 6.45) is 0. The first kappa shape index (κ1) is 21.6. The normalized spacial score (nSPS) is 11.8. The Balaban J connectivity index is 1.55. The van der Waals surface area contributed by atoms with Gasteiger partial charge in [-0.1, -0.05) is 65.7 Å². The summed E-state index contributed by atoms with van der Waals surface area (Å²) in [6.45, 7) is 2.39. The number of nitrogens with one attached hydrogen (secondary N) is 2. The largest absolute Gasteiger partial charge is 0.380 e. The minimum Gasteiger partial charge on any atom is -0.380 e. The number of hydrogen-bond acceptors (Lipinski definition) is 3. The zero-order chi connectivity index (χ0) is 22.0. The minimum absolute atomic E-state index is 0.0999. The molecule has 0 radical (unpaired) electrons. The van der Waals surface area contributed by atoms with Crippen LogP contribution in [0.4, 0.5) is 0 Å². The fourth-order valence-corrected chi connectivity index (χ4v) is 4.93. The molecule has 0 aliphatic rings. The first-order valence-corrected chi connectivity index (χ1v) is 11.7. The van der Waals surface area contributed by atoms with Gasteiger partial charge in [-0.05, 0) is 41.8 Å². The summed E-state index contributed by atoms with van der Waals surface area (Å²) in [7, 11) is -2.25. The van der Waals surface area contributed by atoms with Gasteiger partial charge in [0.25, 0.3) is 10.0 Å². The van der Waals surface area contributed by atoms with Crippen LogP contribution < -0.4 is 4.72 Å². The molecule has 2 N–H and O–H groups in total. The lowest BCUT2D eigenvalue weighted by Crippen LogP contribution is -2.24. The van der Waals surface area contributed by atoms with Gasteiger partial charge in [0, 0.05) is 35.1 Å². The molecule has 4 aromatic rings. The second-order valence-corrected chi connectivity index (χ2v) is 9.58. The number of methoxy groups -OCH3 is 1. The van der Waals surface area contributed by atoms with E-state index in [9.17, 15) is 8.42 Å². The van der Waals surface area contributed by atoms with Crippen LogP contribution in [0.1, 0.15) is 16.7 Å². The smallest absolute Gasteiger partial charge is 0.256 e. The van der Waals surface area contributed by atoms with E-state index in [1.165, 1.54) is 12.7 Å². The summed E-state index contributed by atoms with van der Waals surface area (Å²) in [5.74, 6) is 0. The number of hydrogen-bond donors (Lipinski definition) is 2. The monoisotopic (exact) mass is 454 g/mol. The van der Waals surface area contributed by atoms with E-state index in [1.54, 1.807) is 18.2 Å². The van der Waals surface area contributed by atoms with Crippen LogP contribution in [0.5, 0.6) is 0 Å². The number of aryl methyl sites for hydroxylation is 1. The Morgan fingerprint density at radius 1 is 0.968 bits per heavy atom. The van der Waals surface area contributed by atoms with Gasteiger partial charge >= 0.3 is 0 Å². The molecule has 0 aliphatic carbocycles. The second-order valence-electron chi connectivity index (χ2n) is 7.44. The third-order valence-corrected chi connectivity index (χ3v) is 6.84. The number of H-pyrrole nitrogens is 1. The maximum absolute atomic E-state index is 13.0. The summed E-state index contributed by atoms with van der Waals surface area (Å²) >= 11 is 6.10. The lowest BCUT2D eigenvalue weighted by Gasteiger charge is -2.09.